The molecule has 136 valence electrons. The first-order valence-electron chi connectivity index (χ1n) is 7.99. The molecule has 1 amide bonds. The molecule has 0 saturated heterocycles. The lowest BCUT2D eigenvalue weighted by atomic mass is 10.1. The Hall–Kier alpha value is -3.32. The van der Waals surface area contributed by atoms with E-state index < -0.39 is 5.97 Å². The van der Waals surface area contributed by atoms with E-state index in [4.69, 9.17) is 25.8 Å². The van der Waals surface area contributed by atoms with Gasteiger partial charge >= 0.3 is 5.97 Å². The van der Waals surface area contributed by atoms with E-state index in [2.05, 4.69) is 10.3 Å². The maximum atomic E-state index is 12.2. The van der Waals surface area contributed by atoms with Gasteiger partial charge in [-0.2, -0.15) is 0 Å². The maximum absolute atomic E-state index is 12.2. The number of amides is 1. The number of halogens is 1. The molecule has 0 bridgehead atoms. The molecule has 2 heterocycles. The molecule has 0 radical (unpaired) electrons. The topological polar surface area (TPSA) is 86.2 Å². The summed E-state index contributed by atoms with van der Waals surface area (Å²) in [7, 11) is 0. The highest BCUT2D eigenvalue weighted by molar-refractivity contribution is 6.32. The number of fused-ring (bicyclic) bond motifs is 1. The van der Waals surface area contributed by atoms with Gasteiger partial charge in [-0.15, -0.1) is 0 Å². The molecule has 27 heavy (non-hydrogen) atoms. The second kappa shape index (κ2) is 6.77. The lowest BCUT2D eigenvalue weighted by Crippen LogP contribution is -2.07. The molecular weight excluding hydrogens is 372 g/mol. The number of hydrogen-bond donors (Lipinski definition) is 1. The van der Waals surface area contributed by atoms with Crippen molar-refractivity contribution < 1.29 is 23.8 Å². The van der Waals surface area contributed by atoms with Crippen LogP contribution in [0.5, 0.6) is 11.5 Å². The minimum Gasteiger partial charge on any atom is -0.454 e. The van der Waals surface area contributed by atoms with Crippen molar-refractivity contribution in [1.29, 1.82) is 0 Å². The van der Waals surface area contributed by atoms with Gasteiger partial charge in [0, 0.05) is 24.2 Å². The fraction of sp³-hybridized carbons (Fsp3) is 0.105. The number of nitrogens with one attached hydrogen (secondary N) is 1. The van der Waals surface area contributed by atoms with Crippen LogP contribution in [0, 0.1) is 0 Å². The molecule has 1 N–H and O–H groups in total. The van der Waals surface area contributed by atoms with E-state index in [1.807, 2.05) is 0 Å². The highest BCUT2D eigenvalue weighted by Crippen LogP contribution is 2.38. The standard InChI is InChI=1S/C19H13ClN2O5/c1-10(23)21-13-4-2-11(3-5-13)18-22-15(19(24)27-18)6-12-7-16-17(8-14(12)20)26-9-25-16/h2-8H,9H2,1H3,(H,21,23). The van der Waals surface area contributed by atoms with Gasteiger partial charge in [0.1, 0.15) is 0 Å². The number of carbonyl (C=O) groups excluding carboxylic acids is 2. The second-order valence-corrected chi connectivity index (χ2v) is 6.23. The Kier molecular flexibility index (Phi) is 4.29. The molecule has 0 aromatic heterocycles. The van der Waals surface area contributed by atoms with Gasteiger partial charge in [0.15, 0.2) is 17.2 Å². The van der Waals surface area contributed by atoms with Gasteiger partial charge in [-0.1, -0.05) is 11.6 Å². The number of hydrogen-bond acceptors (Lipinski definition) is 6. The average Bonchev–Trinajstić information content (AvgIpc) is 3.22. The first-order chi connectivity index (χ1) is 13.0. The summed E-state index contributed by atoms with van der Waals surface area (Å²) in [6.07, 6.45) is 1.53. The molecule has 0 saturated carbocycles. The largest absolute Gasteiger partial charge is 0.454 e. The van der Waals surface area contributed by atoms with Crippen LogP contribution in [0.25, 0.3) is 6.08 Å². The van der Waals surface area contributed by atoms with E-state index >= 15 is 0 Å². The zero-order chi connectivity index (χ0) is 19.0. The Morgan fingerprint density at radius 3 is 2.59 bits per heavy atom. The SMILES string of the molecule is CC(=O)Nc1ccc(C2=NC(=Cc3cc4c(cc3Cl)OCO4)C(=O)O2)cc1. The number of aliphatic imine (C=N–C) groups is 1. The average molecular weight is 385 g/mol. The molecule has 2 aromatic rings. The number of ether oxygens (including phenoxy) is 3. The van der Waals surface area contributed by atoms with Crippen LogP contribution < -0.4 is 14.8 Å². The Balaban J connectivity index is 1.61. The van der Waals surface area contributed by atoms with Crippen LogP contribution in [0.4, 0.5) is 5.69 Å². The molecule has 0 spiro atoms. The number of benzene rings is 2. The number of rotatable bonds is 3. The van der Waals surface area contributed by atoms with Gasteiger partial charge in [0.2, 0.25) is 18.6 Å². The molecule has 7 nitrogen and oxygen atoms in total. The summed E-state index contributed by atoms with van der Waals surface area (Å²) in [5.74, 6) is 0.537. The summed E-state index contributed by atoms with van der Waals surface area (Å²) in [6.45, 7) is 1.56. The van der Waals surface area contributed by atoms with E-state index in [1.54, 1.807) is 36.4 Å². The number of nitrogens with zero attached hydrogens (tertiary/aromatic N) is 1. The fourth-order valence-corrected chi connectivity index (χ4v) is 2.83. The van der Waals surface area contributed by atoms with Crippen LogP contribution in [0.1, 0.15) is 18.1 Å². The van der Waals surface area contributed by atoms with E-state index in [0.717, 1.165) is 0 Å². The Labute approximate surface area is 159 Å². The number of carbonyl (C=O) groups is 2. The molecule has 2 aromatic carbocycles. The lowest BCUT2D eigenvalue weighted by molar-refractivity contribution is -0.129. The van der Waals surface area contributed by atoms with E-state index in [9.17, 15) is 9.59 Å². The molecular formula is C19H13ClN2O5. The van der Waals surface area contributed by atoms with Crippen molar-refractivity contribution in [3.05, 3.63) is 58.2 Å². The quantitative estimate of drug-likeness (QED) is 0.647. The summed E-state index contributed by atoms with van der Waals surface area (Å²) >= 11 is 6.23. The van der Waals surface area contributed by atoms with Crippen molar-refractivity contribution in [3.8, 4) is 11.5 Å². The van der Waals surface area contributed by atoms with Crippen molar-refractivity contribution in [1.82, 2.24) is 0 Å². The predicted molar refractivity (Wildman–Crippen MR) is 98.9 cm³/mol. The number of cyclic esters (lactones) is 1. The number of anilines is 1. The normalized spacial score (nSPS) is 16.3. The van der Waals surface area contributed by atoms with Crippen LogP contribution in [-0.2, 0) is 14.3 Å². The minimum atomic E-state index is -0.579. The molecule has 2 aliphatic heterocycles. The fourth-order valence-electron chi connectivity index (χ4n) is 2.62. The monoisotopic (exact) mass is 384 g/mol. The maximum Gasteiger partial charge on any atom is 0.363 e. The third kappa shape index (κ3) is 3.50. The first kappa shape index (κ1) is 17.1. The zero-order valence-electron chi connectivity index (χ0n) is 14.1. The molecule has 0 aliphatic carbocycles. The minimum absolute atomic E-state index is 0.122. The van der Waals surface area contributed by atoms with Gasteiger partial charge in [0.05, 0.1) is 5.02 Å². The lowest BCUT2D eigenvalue weighted by Gasteiger charge is -2.03. The predicted octanol–water partition coefficient (Wildman–Crippen LogP) is 3.37. The van der Waals surface area contributed by atoms with E-state index in [-0.39, 0.29) is 24.3 Å². The summed E-state index contributed by atoms with van der Waals surface area (Å²) < 4.78 is 15.8. The highest BCUT2D eigenvalue weighted by Gasteiger charge is 2.25. The highest BCUT2D eigenvalue weighted by atomic mass is 35.5. The zero-order valence-corrected chi connectivity index (χ0v) is 14.9. The van der Waals surface area contributed by atoms with Crippen LogP contribution in [0.2, 0.25) is 5.02 Å². The van der Waals surface area contributed by atoms with Gasteiger partial charge in [-0.25, -0.2) is 9.79 Å². The molecule has 0 unspecified atom stereocenters. The first-order valence-corrected chi connectivity index (χ1v) is 8.37. The van der Waals surface area contributed by atoms with Crippen LogP contribution in [-0.4, -0.2) is 24.6 Å². The Bertz CT molecular complexity index is 1010. The van der Waals surface area contributed by atoms with Gasteiger partial charge in [0.25, 0.3) is 0 Å². The van der Waals surface area contributed by atoms with Gasteiger partial charge < -0.3 is 19.5 Å². The van der Waals surface area contributed by atoms with Crippen LogP contribution in [0.15, 0.2) is 47.1 Å². The van der Waals surface area contributed by atoms with Crippen LogP contribution in [0.3, 0.4) is 0 Å². The van der Waals surface area contributed by atoms with Crippen molar-refractivity contribution in [2.24, 2.45) is 4.99 Å². The molecule has 2 aliphatic rings. The second-order valence-electron chi connectivity index (χ2n) is 5.82. The molecule has 8 heteroatoms. The molecule has 0 atom stereocenters. The van der Waals surface area contributed by atoms with Crippen LogP contribution >= 0.6 is 11.6 Å². The number of esters is 1. The van der Waals surface area contributed by atoms with Crippen molar-refractivity contribution >= 4 is 41.1 Å². The Morgan fingerprint density at radius 2 is 1.89 bits per heavy atom. The van der Waals surface area contributed by atoms with E-state index in [0.29, 0.717) is 33.3 Å². The van der Waals surface area contributed by atoms with Crippen molar-refractivity contribution in [2.75, 3.05) is 12.1 Å². The summed E-state index contributed by atoms with van der Waals surface area (Å²) in [6, 6.07) is 10.1. The summed E-state index contributed by atoms with van der Waals surface area (Å²) in [5, 5.41) is 3.07. The molecule has 0 fully saturated rings. The van der Waals surface area contributed by atoms with Crippen molar-refractivity contribution in [2.45, 2.75) is 6.92 Å². The van der Waals surface area contributed by atoms with E-state index in [1.165, 1.54) is 13.0 Å². The third-order valence-corrected chi connectivity index (χ3v) is 4.18. The summed E-state index contributed by atoms with van der Waals surface area (Å²) in [4.78, 5) is 27.5. The smallest absolute Gasteiger partial charge is 0.363 e. The molecule has 4 rings (SSSR count). The van der Waals surface area contributed by atoms with Gasteiger partial charge in [-0.05, 0) is 42.0 Å². The third-order valence-electron chi connectivity index (χ3n) is 3.86. The van der Waals surface area contributed by atoms with Gasteiger partial charge in [-0.3, -0.25) is 4.79 Å². The Morgan fingerprint density at radius 1 is 1.19 bits per heavy atom. The van der Waals surface area contributed by atoms with Crippen molar-refractivity contribution in [3.63, 3.8) is 0 Å². The summed E-state index contributed by atoms with van der Waals surface area (Å²) in [5.41, 5.74) is 1.94.